The number of carbonyl (C=O) groups is 1. The minimum absolute atomic E-state index is 0.0476. The number of aliphatic hydroxyl groups is 1. The van der Waals surface area contributed by atoms with Crippen LogP contribution in [0.4, 0.5) is 0 Å². The molecule has 1 rings (SSSR count). The van der Waals surface area contributed by atoms with E-state index in [1.165, 1.54) is 0 Å². The molecule has 0 saturated heterocycles. The highest BCUT2D eigenvalue weighted by atomic mass is 16.3. The SMILES string of the molecule is CC/C(O)=C(N)/C(=C\C(N)=NC(=O)C1CC1)C(C)C. The topological polar surface area (TPSA) is 102 Å². The molecule has 0 unspecified atom stereocenters. The first-order valence-electron chi connectivity index (χ1n) is 6.64. The molecule has 0 atom stereocenters. The van der Waals surface area contributed by atoms with Crippen molar-refractivity contribution in [3.05, 3.63) is 23.1 Å². The first-order valence-corrected chi connectivity index (χ1v) is 6.64. The molecule has 1 amide bonds. The standard InChI is InChI=1S/C14H23N3O2/c1-4-11(18)13(16)10(8(2)3)7-12(15)17-14(19)9-5-6-9/h7-9,18H,4-6,16H2,1-3H3,(H2,15,17,19)/b10-7-,13-11+. The maximum Gasteiger partial charge on any atom is 0.250 e. The summed E-state index contributed by atoms with van der Waals surface area (Å²) in [4.78, 5) is 15.4. The summed E-state index contributed by atoms with van der Waals surface area (Å²) in [6.07, 6.45) is 3.82. The van der Waals surface area contributed by atoms with E-state index in [1.54, 1.807) is 6.08 Å². The van der Waals surface area contributed by atoms with Crippen LogP contribution in [-0.4, -0.2) is 16.8 Å². The fourth-order valence-electron chi connectivity index (χ4n) is 1.65. The highest BCUT2D eigenvalue weighted by Gasteiger charge is 2.29. The van der Waals surface area contributed by atoms with E-state index in [4.69, 9.17) is 11.5 Å². The van der Waals surface area contributed by atoms with Gasteiger partial charge in [-0.05, 0) is 30.4 Å². The normalized spacial score (nSPS) is 18.5. The largest absolute Gasteiger partial charge is 0.510 e. The van der Waals surface area contributed by atoms with E-state index in [-0.39, 0.29) is 29.3 Å². The Hall–Kier alpha value is -1.78. The number of nitrogens with two attached hydrogens (primary N) is 2. The molecule has 0 aromatic heterocycles. The third kappa shape index (κ3) is 4.43. The van der Waals surface area contributed by atoms with Gasteiger partial charge in [-0.3, -0.25) is 4.79 Å². The van der Waals surface area contributed by atoms with Gasteiger partial charge in [0.15, 0.2) is 0 Å². The molecule has 106 valence electrons. The van der Waals surface area contributed by atoms with Crippen LogP contribution in [0.15, 0.2) is 28.1 Å². The van der Waals surface area contributed by atoms with Crippen LogP contribution < -0.4 is 11.5 Å². The van der Waals surface area contributed by atoms with E-state index < -0.39 is 0 Å². The number of hydrogen-bond acceptors (Lipinski definition) is 3. The maximum atomic E-state index is 11.5. The summed E-state index contributed by atoms with van der Waals surface area (Å²) in [6.45, 7) is 5.70. The van der Waals surface area contributed by atoms with Crippen LogP contribution in [0.3, 0.4) is 0 Å². The molecule has 1 aliphatic rings. The lowest BCUT2D eigenvalue weighted by Crippen LogP contribution is -2.17. The summed E-state index contributed by atoms with van der Waals surface area (Å²) in [5.74, 6) is 0.234. The lowest BCUT2D eigenvalue weighted by molar-refractivity contribution is -0.118. The van der Waals surface area contributed by atoms with Crippen LogP contribution in [0.5, 0.6) is 0 Å². The van der Waals surface area contributed by atoms with Gasteiger partial charge in [-0.25, -0.2) is 0 Å². The van der Waals surface area contributed by atoms with E-state index in [0.29, 0.717) is 17.7 Å². The first-order chi connectivity index (χ1) is 8.86. The molecule has 5 N–H and O–H groups in total. The number of hydrogen-bond donors (Lipinski definition) is 3. The second-order valence-corrected chi connectivity index (χ2v) is 5.12. The lowest BCUT2D eigenvalue weighted by Gasteiger charge is -2.13. The minimum Gasteiger partial charge on any atom is -0.510 e. The molecule has 1 aliphatic carbocycles. The highest BCUT2D eigenvalue weighted by Crippen LogP contribution is 2.30. The van der Waals surface area contributed by atoms with Crippen molar-refractivity contribution in [1.29, 1.82) is 0 Å². The summed E-state index contributed by atoms with van der Waals surface area (Å²) in [6, 6.07) is 0. The van der Waals surface area contributed by atoms with Gasteiger partial charge in [-0.2, -0.15) is 4.99 Å². The summed E-state index contributed by atoms with van der Waals surface area (Å²) in [5.41, 5.74) is 12.7. The molecule has 5 nitrogen and oxygen atoms in total. The third-order valence-corrected chi connectivity index (χ3v) is 3.05. The summed E-state index contributed by atoms with van der Waals surface area (Å²) < 4.78 is 0. The monoisotopic (exact) mass is 265 g/mol. The predicted molar refractivity (Wildman–Crippen MR) is 76.4 cm³/mol. The van der Waals surface area contributed by atoms with Gasteiger partial charge in [-0.1, -0.05) is 20.8 Å². The molecule has 0 spiro atoms. The van der Waals surface area contributed by atoms with Gasteiger partial charge in [0.2, 0.25) is 0 Å². The molecule has 5 heteroatoms. The molecule has 0 aliphatic heterocycles. The van der Waals surface area contributed by atoms with Crippen LogP contribution in [0.25, 0.3) is 0 Å². The Labute approximate surface area is 114 Å². The van der Waals surface area contributed by atoms with E-state index in [0.717, 1.165) is 12.8 Å². The molecule has 1 fully saturated rings. The van der Waals surface area contributed by atoms with Crippen LogP contribution in [0, 0.1) is 11.8 Å². The Morgan fingerprint density at radius 1 is 1.42 bits per heavy atom. The van der Waals surface area contributed by atoms with Gasteiger partial charge in [0.1, 0.15) is 11.6 Å². The highest BCUT2D eigenvalue weighted by molar-refractivity contribution is 6.01. The van der Waals surface area contributed by atoms with E-state index in [1.807, 2.05) is 20.8 Å². The average Bonchev–Trinajstić information content (AvgIpc) is 3.17. The number of nitrogens with zero attached hydrogens (tertiary/aromatic N) is 1. The van der Waals surface area contributed by atoms with Crippen molar-refractivity contribution in [2.45, 2.75) is 40.0 Å². The molecule has 1 saturated carbocycles. The molecular formula is C14H23N3O2. The fourth-order valence-corrected chi connectivity index (χ4v) is 1.65. The number of amidine groups is 1. The van der Waals surface area contributed by atoms with Gasteiger partial charge in [0.25, 0.3) is 5.91 Å². The molecule has 0 radical (unpaired) electrons. The third-order valence-electron chi connectivity index (χ3n) is 3.05. The van der Waals surface area contributed by atoms with Crippen molar-refractivity contribution < 1.29 is 9.90 Å². The van der Waals surface area contributed by atoms with Crippen LogP contribution in [0.1, 0.15) is 40.0 Å². The summed E-state index contributed by atoms with van der Waals surface area (Å²) in [7, 11) is 0. The Bertz CT molecular complexity index is 444. The van der Waals surface area contributed by atoms with Gasteiger partial charge in [0, 0.05) is 12.3 Å². The van der Waals surface area contributed by atoms with Crippen molar-refractivity contribution in [2.75, 3.05) is 0 Å². The lowest BCUT2D eigenvalue weighted by atomic mass is 9.98. The number of carbonyl (C=O) groups excluding carboxylic acids is 1. The quantitative estimate of drug-likeness (QED) is 0.306. The minimum atomic E-state index is -0.167. The number of aliphatic hydroxyl groups excluding tert-OH is 1. The number of rotatable bonds is 5. The van der Waals surface area contributed by atoms with Crippen LogP contribution in [-0.2, 0) is 4.79 Å². The second-order valence-electron chi connectivity index (χ2n) is 5.12. The average molecular weight is 265 g/mol. The maximum absolute atomic E-state index is 11.5. The van der Waals surface area contributed by atoms with Crippen LogP contribution in [0.2, 0.25) is 0 Å². The number of allylic oxidation sites excluding steroid dienone is 2. The predicted octanol–water partition coefficient (Wildman–Crippen LogP) is 2.00. The van der Waals surface area contributed by atoms with E-state index in [9.17, 15) is 9.90 Å². The van der Waals surface area contributed by atoms with Crippen molar-refractivity contribution in [3.8, 4) is 0 Å². The van der Waals surface area contributed by atoms with Crippen molar-refractivity contribution in [2.24, 2.45) is 28.3 Å². The summed E-state index contributed by atoms with van der Waals surface area (Å²) >= 11 is 0. The smallest absolute Gasteiger partial charge is 0.250 e. The van der Waals surface area contributed by atoms with Gasteiger partial charge in [-0.15, -0.1) is 0 Å². The Morgan fingerprint density at radius 2 is 2.00 bits per heavy atom. The first kappa shape index (κ1) is 15.3. The van der Waals surface area contributed by atoms with Gasteiger partial charge >= 0.3 is 0 Å². The van der Waals surface area contributed by atoms with Crippen molar-refractivity contribution in [3.63, 3.8) is 0 Å². The molecule has 0 aromatic rings. The molecule has 0 heterocycles. The zero-order chi connectivity index (χ0) is 14.6. The van der Waals surface area contributed by atoms with E-state index in [2.05, 4.69) is 4.99 Å². The van der Waals surface area contributed by atoms with Gasteiger partial charge in [0.05, 0.1) is 5.70 Å². The van der Waals surface area contributed by atoms with E-state index >= 15 is 0 Å². The number of amides is 1. The zero-order valence-electron chi connectivity index (χ0n) is 11.8. The zero-order valence-corrected chi connectivity index (χ0v) is 11.8. The molecule has 0 aromatic carbocycles. The van der Waals surface area contributed by atoms with Crippen molar-refractivity contribution in [1.82, 2.24) is 0 Å². The Morgan fingerprint density at radius 3 is 2.42 bits per heavy atom. The summed E-state index contributed by atoms with van der Waals surface area (Å²) in [5, 5.41) is 9.70. The van der Waals surface area contributed by atoms with Crippen LogP contribution >= 0.6 is 0 Å². The molecular weight excluding hydrogens is 242 g/mol. The Kier molecular flexibility index (Phi) is 5.15. The number of aliphatic imine (C=N–C) groups is 1. The fraction of sp³-hybridized carbons (Fsp3) is 0.571. The second kappa shape index (κ2) is 6.41. The Balaban J connectivity index is 2.98. The van der Waals surface area contributed by atoms with Crippen molar-refractivity contribution >= 4 is 11.7 Å². The molecule has 19 heavy (non-hydrogen) atoms. The van der Waals surface area contributed by atoms with Gasteiger partial charge < -0.3 is 16.6 Å². The molecule has 0 bridgehead atoms.